The molecular formula is C37H49NO9. The molecule has 1 amide bonds. The van der Waals surface area contributed by atoms with Crippen LogP contribution in [0.5, 0.6) is 5.75 Å². The summed E-state index contributed by atoms with van der Waals surface area (Å²) < 4.78 is 5.57. The molecule has 0 spiro atoms. The fourth-order valence-electron chi connectivity index (χ4n) is 6.51. The Bertz CT molecular complexity index is 1570. The number of hydrogen-bond acceptors (Lipinski definition) is 9. The highest BCUT2D eigenvalue weighted by Crippen LogP contribution is 2.38. The standard InChI is InChI=1S/C37H49NO9/c1-16-12-11-13-17(2)37(46)38-28-21(6)34(44)26-25(35(28)45)15-20(5)36(47-10)27(26)31(41)19(4)14-18(3)30(40)23(8)33(43)24(9)32(42)22(7)29(16)39/h11-16,18,22-24,29-30,32-33,39-40,42-43H,1-10H3,(H,38,46). The molecule has 5 N–H and O–H groups in total. The first kappa shape index (κ1) is 37.8. The van der Waals surface area contributed by atoms with Crippen molar-refractivity contribution in [3.63, 3.8) is 0 Å². The number of rotatable bonds is 1. The van der Waals surface area contributed by atoms with Crippen molar-refractivity contribution in [2.24, 2.45) is 29.6 Å². The van der Waals surface area contributed by atoms with Gasteiger partial charge in [0.15, 0.2) is 11.6 Å². The summed E-state index contributed by atoms with van der Waals surface area (Å²) in [7, 11) is 1.36. The zero-order valence-electron chi connectivity index (χ0n) is 28.9. The highest BCUT2D eigenvalue weighted by atomic mass is 16.5. The van der Waals surface area contributed by atoms with Crippen LogP contribution in [0.25, 0.3) is 0 Å². The monoisotopic (exact) mass is 651 g/mol. The van der Waals surface area contributed by atoms with Crippen LogP contribution in [0.2, 0.25) is 0 Å². The van der Waals surface area contributed by atoms with Crippen LogP contribution in [-0.2, 0) is 4.79 Å². The van der Waals surface area contributed by atoms with Gasteiger partial charge in [-0.2, -0.15) is 0 Å². The van der Waals surface area contributed by atoms with Crippen molar-refractivity contribution in [2.75, 3.05) is 7.11 Å². The van der Waals surface area contributed by atoms with Gasteiger partial charge in [0, 0.05) is 51.9 Å². The zero-order chi connectivity index (χ0) is 35.7. The SMILES string of the molecule is COc1c(C)cc2c3c1C(=O)C(C)=CC(C)C(O)C(C)C(O)C(C)C(O)C(C)C(O)C(C)C=CC=C(C)C(=O)NC(=C(C)C3=O)C2=O. The highest BCUT2D eigenvalue weighted by molar-refractivity contribution is 6.31. The smallest absolute Gasteiger partial charge is 0.251 e. The summed E-state index contributed by atoms with van der Waals surface area (Å²) in [5.74, 6) is -5.51. The van der Waals surface area contributed by atoms with Gasteiger partial charge in [0.1, 0.15) is 5.75 Å². The summed E-state index contributed by atoms with van der Waals surface area (Å²) in [4.78, 5) is 54.9. The average molecular weight is 652 g/mol. The number of methoxy groups -OCH3 is 1. The number of benzene rings is 1. The zero-order valence-corrected chi connectivity index (χ0v) is 28.9. The minimum Gasteiger partial charge on any atom is -0.496 e. The molecule has 1 aliphatic carbocycles. The Morgan fingerprint density at radius 3 is 1.77 bits per heavy atom. The van der Waals surface area contributed by atoms with E-state index < -0.39 is 77.3 Å². The van der Waals surface area contributed by atoms with E-state index >= 15 is 0 Å². The predicted octanol–water partition coefficient (Wildman–Crippen LogP) is 4.04. The van der Waals surface area contributed by atoms with Crippen LogP contribution in [0.4, 0.5) is 0 Å². The Labute approximate surface area is 276 Å². The second-order valence-electron chi connectivity index (χ2n) is 13.3. The Morgan fingerprint density at radius 1 is 0.681 bits per heavy atom. The topological polar surface area (TPSA) is 170 Å². The number of ketones is 3. The Morgan fingerprint density at radius 2 is 1.21 bits per heavy atom. The van der Waals surface area contributed by atoms with Crippen molar-refractivity contribution >= 4 is 23.3 Å². The molecule has 47 heavy (non-hydrogen) atoms. The summed E-state index contributed by atoms with van der Waals surface area (Å²) in [5.41, 5.74) is 0.348. The lowest BCUT2D eigenvalue weighted by molar-refractivity contribution is -0.116. The Hall–Kier alpha value is -3.70. The van der Waals surface area contributed by atoms with Crippen LogP contribution >= 0.6 is 0 Å². The molecule has 256 valence electrons. The van der Waals surface area contributed by atoms with Crippen molar-refractivity contribution in [1.82, 2.24) is 5.32 Å². The Kier molecular flexibility index (Phi) is 12.1. The number of nitrogens with one attached hydrogen (secondary N) is 1. The van der Waals surface area contributed by atoms with Gasteiger partial charge in [0.05, 0.1) is 42.8 Å². The number of allylic oxidation sites excluding steroid dienone is 5. The first-order valence-electron chi connectivity index (χ1n) is 16.0. The van der Waals surface area contributed by atoms with Gasteiger partial charge >= 0.3 is 0 Å². The number of carbonyl (C=O) groups is 4. The fraction of sp³-hybridized carbons (Fsp3) is 0.514. The van der Waals surface area contributed by atoms with Crippen molar-refractivity contribution in [3.05, 3.63) is 75.0 Å². The van der Waals surface area contributed by atoms with Gasteiger partial charge in [0.25, 0.3) is 5.91 Å². The molecule has 1 aromatic carbocycles. The molecule has 9 atom stereocenters. The molecule has 0 aromatic heterocycles. The molecule has 10 heteroatoms. The normalized spacial score (nSPS) is 31.8. The maximum atomic E-state index is 14.1. The van der Waals surface area contributed by atoms with E-state index in [4.69, 9.17) is 4.74 Å². The number of ether oxygens (including phenoxy) is 1. The maximum absolute atomic E-state index is 14.1. The third-order valence-electron chi connectivity index (χ3n) is 9.85. The fourth-order valence-corrected chi connectivity index (χ4v) is 6.51. The molecule has 2 heterocycles. The second kappa shape index (κ2) is 15.0. The number of aliphatic hydroxyl groups is 4. The molecule has 0 radical (unpaired) electrons. The summed E-state index contributed by atoms with van der Waals surface area (Å²) in [5, 5.41) is 47.1. The maximum Gasteiger partial charge on any atom is 0.251 e. The lowest BCUT2D eigenvalue weighted by atomic mass is 9.77. The van der Waals surface area contributed by atoms with Crippen molar-refractivity contribution in [2.45, 2.75) is 86.7 Å². The molecule has 0 fully saturated rings. The van der Waals surface area contributed by atoms with Crippen LogP contribution in [0.15, 0.2) is 52.8 Å². The first-order valence-corrected chi connectivity index (χ1v) is 16.0. The van der Waals surface area contributed by atoms with E-state index in [1.54, 1.807) is 59.8 Å². The minimum atomic E-state index is -1.16. The van der Waals surface area contributed by atoms with Crippen LogP contribution in [-0.4, -0.2) is 75.2 Å². The van der Waals surface area contributed by atoms with E-state index in [9.17, 15) is 39.6 Å². The molecule has 4 rings (SSSR count). The molecule has 3 aliphatic rings. The predicted molar refractivity (Wildman–Crippen MR) is 178 cm³/mol. The lowest BCUT2D eigenvalue weighted by Crippen LogP contribution is -2.45. The van der Waals surface area contributed by atoms with Crippen molar-refractivity contribution in [3.8, 4) is 5.75 Å². The molecule has 2 aliphatic heterocycles. The van der Waals surface area contributed by atoms with Gasteiger partial charge in [-0.05, 0) is 44.9 Å². The van der Waals surface area contributed by atoms with Gasteiger partial charge in [-0.15, -0.1) is 0 Å². The van der Waals surface area contributed by atoms with Crippen molar-refractivity contribution in [1.29, 1.82) is 0 Å². The molecule has 10 nitrogen and oxygen atoms in total. The number of Topliss-reactive ketones (excluding diaryl/α,β-unsaturated/α-hetero) is 3. The molecule has 0 saturated heterocycles. The van der Waals surface area contributed by atoms with Gasteiger partial charge in [-0.25, -0.2) is 0 Å². The van der Waals surface area contributed by atoms with Crippen LogP contribution in [0.3, 0.4) is 0 Å². The number of fused-ring (bicyclic) bond motifs is 15. The van der Waals surface area contributed by atoms with E-state index in [2.05, 4.69) is 5.32 Å². The quantitative estimate of drug-likeness (QED) is 0.301. The van der Waals surface area contributed by atoms with Crippen LogP contribution in [0.1, 0.15) is 92.0 Å². The number of amides is 1. The van der Waals surface area contributed by atoms with Gasteiger partial charge in [-0.1, -0.05) is 58.9 Å². The largest absolute Gasteiger partial charge is 0.496 e. The van der Waals surface area contributed by atoms with Gasteiger partial charge in [0.2, 0.25) is 5.78 Å². The Balaban J connectivity index is 2.23. The number of aliphatic hydroxyl groups excluding tert-OH is 4. The molecule has 0 saturated carbocycles. The highest BCUT2D eigenvalue weighted by Gasteiger charge is 2.39. The summed E-state index contributed by atoms with van der Waals surface area (Å²) in [6.45, 7) is 14.5. The van der Waals surface area contributed by atoms with E-state index in [0.717, 1.165) is 0 Å². The van der Waals surface area contributed by atoms with Crippen molar-refractivity contribution < 1.29 is 44.3 Å². The van der Waals surface area contributed by atoms with Crippen LogP contribution in [0, 0.1) is 36.5 Å². The van der Waals surface area contributed by atoms with Crippen LogP contribution < -0.4 is 10.1 Å². The summed E-state index contributed by atoms with van der Waals surface area (Å²) >= 11 is 0. The molecule has 1 aromatic rings. The summed E-state index contributed by atoms with van der Waals surface area (Å²) in [6, 6.07) is 1.47. The van der Waals surface area contributed by atoms with Gasteiger partial charge in [-0.3, -0.25) is 19.2 Å². The lowest BCUT2D eigenvalue weighted by Gasteiger charge is -2.36. The average Bonchev–Trinajstić information content (AvgIpc) is 3.04. The number of aryl methyl sites for hydroxylation is 1. The van der Waals surface area contributed by atoms with E-state index in [1.165, 1.54) is 40.0 Å². The van der Waals surface area contributed by atoms with E-state index in [1.807, 2.05) is 0 Å². The number of carbonyl (C=O) groups excluding carboxylic acids is 4. The second-order valence-corrected chi connectivity index (χ2v) is 13.3. The van der Waals surface area contributed by atoms with E-state index in [-0.39, 0.29) is 44.9 Å². The summed E-state index contributed by atoms with van der Waals surface area (Å²) in [6.07, 6.45) is 1.90. The molecular weight excluding hydrogens is 602 g/mol. The number of hydrogen-bond donors (Lipinski definition) is 5. The molecule has 4 bridgehead atoms. The van der Waals surface area contributed by atoms with E-state index in [0.29, 0.717) is 5.56 Å². The first-order chi connectivity index (χ1) is 21.9. The third kappa shape index (κ3) is 7.41. The van der Waals surface area contributed by atoms with Gasteiger partial charge < -0.3 is 30.5 Å². The minimum absolute atomic E-state index is 0.0378. The third-order valence-corrected chi connectivity index (χ3v) is 9.85. The molecule has 9 unspecified atom stereocenters.